The summed E-state index contributed by atoms with van der Waals surface area (Å²) in [5.74, 6) is -0.0429. The SMILES string of the molecule is F[C@@]12CCc3ccccc3[C@@H]1c1ccccc1C2. The van der Waals surface area contributed by atoms with E-state index in [1.54, 1.807) is 0 Å². The maximum atomic E-state index is 15.2. The van der Waals surface area contributed by atoms with Crippen molar-refractivity contribution in [3.8, 4) is 0 Å². The molecule has 2 aromatic carbocycles. The van der Waals surface area contributed by atoms with Gasteiger partial charge in [0.1, 0.15) is 5.67 Å². The molecule has 90 valence electrons. The molecule has 0 bridgehead atoms. The van der Waals surface area contributed by atoms with Crippen LogP contribution in [0.5, 0.6) is 0 Å². The highest BCUT2D eigenvalue weighted by atomic mass is 19.1. The summed E-state index contributed by atoms with van der Waals surface area (Å²) in [4.78, 5) is 0. The lowest BCUT2D eigenvalue weighted by atomic mass is 9.73. The van der Waals surface area contributed by atoms with Gasteiger partial charge in [-0.2, -0.15) is 0 Å². The Kier molecular flexibility index (Phi) is 1.97. The third kappa shape index (κ3) is 1.25. The Bertz CT molecular complexity index is 617. The van der Waals surface area contributed by atoms with Gasteiger partial charge in [0.15, 0.2) is 0 Å². The van der Waals surface area contributed by atoms with Crippen LogP contribution < -0.4 is 0 Å². The summed E-state index contributed by atoms with van der Waals surface area (Å²) in [6, 6.07) is 16.6. The van der Waals surface area contributed by atoms with Gasteiger partial charge in [0.25, 0.3) is 0 Å². The molecule has 2 atom stereocenters. The molecule has 0 aliphatic heterocycles. The lowest BCUT2D eigenvalue weighted by Gasteiger charge is -2.34. The molecule has 0 nitrogen and oxygen atoms in total. The molecule has 0 N–H and O–H groups in total. The number of halogens is 1. The van der Waals surface area contributed by atoms with Crippen molar-refractivity contribution in [3.63, 3.8) is 0 Å². The standard InChI is InChI=1S/C17H15F/c18-17-10-9-12-5-1-3-7-14(12)16(17)15-8-4-2-6-13(15)11-17/h1-8,16H,9-11H2/t16-,17-/m1/s1. The van der Waals surface area contributed by atoms with Crippen LogP contribution in [0.4, 0.5) is 4.39 Å². The van der Waals surface area contributed by atoms with Crippen LogP contribution in [-0.4, -0.2) is 5.67 Å². The van der Waals surface area contributed by atoms with E-state index >= 15 is 4.39 Å². The molecule has 0 aromatic heterocycles. The van der Waals surface area contributed by atoms with Crippen molar-refractivity contribution in [2.45, 2.75) is 30.8 Å². The quantitative estimate of drug-likeness (QED) is 0.650. The molecular weight excluding hydrogens is 223 g/mol. The maximum absolute atomic E-state index is 15.2. The number of hydrogen-bond donors (Lipinski definition) is 0. The first-order valence-corrected chi connectivity index (χ1v) is 6.62. The Morgan fingerprint density at radius 1 is 0.889 bits per heavy atom. The van der Waals surface area contributed by atoms with Gasteiger partial charge < -0.3 is 0 Å². The number of aryl methyl sites for hydroxylation is 1. The van der Waals surface area contributed by atoms with Crippen molar-refractivity contribution in [3.05, 3.63) is 70.8 Å². The molecule has 0 heterocycles. The number of fused-ring (bicyclic) bond motifs is 5. The lowest BCUT2D eigenvalue weighted by Crippen LogP contribution is -2.34. The van der Waals surface area contributed by atoms with E-state index in [-0.39, 0.29) is 5.92 Å². The van der Waals surface area contributed by atoms with Crippen LogP contribution in [0, 0.1) is 0 Å². The smallest absolute Gasteiger partial charge is 0.126 e. The van der Waals surface area contributed by atoms with Crippen LogP contribution in [0.25, 0.3) is 0 Å². The van der Waals surface area contributed by atoms with E-state index in [9.17, 15) is 0 Å². The van der Waals surface area contributed by atoms with Crippen molar-refractivity contribution >= 4 is 0 Å². The molecule has 0 fully saturated rings. The van der Waals surface area contributed by atoms with Crippen LogP contribution in [0.15, 0.2) is 48.5 Å². The fraction of sp³-hybridized carbons (Fsp3) is 0.294. The molecular formula is C17H15F. The predicted molar refractivity (Wildman–Crippen MR) is 70.6 cm³/mol. The third-order valence-corrected chi connectivity index (χ3v) is 4.54. The van der Waals surface area contributed by atoms with Crippen LogP contribution >= 0.6 is 0 Å². The number of hydrogen-bond acceptors (Lipinski definition) is 0. The average molecular weight is 238 g/mol. The van der Waals surface area contributed by atoms with Crippen molar-refractivity contribution < 1.29 is 4.39 Å². The Morgan fingerprint density at radius 3 is 2.28 bits per heavy atom. The highest BCUT2D eigenvalue weighted by molar-refractivity contribution is 5.51. The Balaban J connectivity index is 1.97. The van der Waals surface area contributed by atoms with Gasteiger partial charge in [-0.1, -0.05) is 48.5 Å². The molecule has 0 saturated carbocycles. The highest BCUT2D eigenvalue weighted by Crippen LogP contribution is 2.53. The van der Waals surface area contributed by atoms with E-state index in [0.29, 0.717) is 12.8 Å². The van der Waals surface area contributed by atoms with E-state index in [1.165, 1.54) is 22.3 Å². The fourth-order valence-corrected chi connectivity index (χ4v) is 3.74. The predicted octanol–water partition coefficient (Wildman–Crippen LogP) is 4.03. The second-order valence-electron chi connectivity index (χ2n) is 5.54. The molecule has 0 radical (unpaired) electrons. The van der Waals surface area contributed by atoms with Gasteiger partial charge in [-0.25, -0.2) is 4.39 Å². The summed E-state index contributed by atoms with van der Waals surface area (Å²) in [6.07, 6.45) is 2.11. The van der Waals surface area contributed by atoms with Crippen LogP contribution in [0.1, 0.15) is 34.6 Å². The second-order valence-corrected chi connectivity index (χ2v) is 5.54. The van der Waals surface area contributed by atoms with Gasteiger partial charge in [-0.15, -0.1) is 0 Å². The second kappa shape index (κ2) is 3.44. The zero-order valence-corrected chi connectivity index (χ0v) is 10.2. The molecule has 2 aliphatic carbocycles. The molecule has 2 aromatic rings. The minimum Gasteiger partial charge on any atom is -0.242 e. The third-order valence-electron chi connectivity index (χ3n) is 4.54. The van der Waals surface area contributed by atoms with Crippen LogP contribution in [0.2, 0.25) is 0 Å². The first kappa shape index (κ1) is 10.3. The fourth-order valence-electron chi connectivity index (χ4n) is 3.74. The van der Waals surface area contributed by atoms with Gasteiger partial charge in [-0.05, 0) is 35.1 Å². The Hall–Kier alpha value is -1.63. The van der Waals surface area contributed by atoms with Gasteiger partial charge in [-0.3, -0.25) is 0 Å². The molecule has 18 heavy (non-hydrogen) atoms. The first-order valence-electron chi connectivity index (χ1n) is 6.62. The van der Waals surface area contributed by atoms with Crippen molar-refractivity contribution in [1.29, 1.82) is 0 Å². The molecule has 1 heteroatoms. The van der Waals surface area contributed by atoms with Crippen molar-refractivity contribution in [2.75, 3.05) is 0 Å². The van der Waals surface area contributed by atoms with Gasteiger partial charge in [0.05, 0.1) is 0 Å². The first-order chi connectivity index (χ1) is 8.78. The van der Waals surface area contributed by atoms with E-state index < -0.39 is 5.67 Å². The summed E-state index contributed by atoms with van der Waals surface area (Å²) in [5, 5.41) is 0. The summed E-state index contributed by atoms with van der Waals surface area (Å²) in [7, 11) is 0. The topological polar surface area (TPSA) is 0 Å². The highest BCUT2D eigenvalue weighted by Gasteiger charge is 2.49. The van der Waals surface area contributed by atoms with E-state index in [4.69, 9.17) is 0 Å². The van der Waals surface area contributed by atoms with Crippen molar-refractivity contribution in [2.24, 2.45) is 0 Å². The number of rotatable bonds is 0. The molecule has 0 amide bonds. The summed E-state index contributed by atoms with van der Waals surface area (Å²) >= 11 is 0. The minimum atomic E-state index is -1.06. The normalized spacial score (nSPS) is 28.4. The van der Waals surface area contributed by atoms with E-state index in [1.807, 2.05) is 18.2 Å². The lowest BCUT2D eigenvalue weighted by molar-refractivity contribution is 0.133. The molecule has 0 unspecified atom stereocenters. The van der Waals surface area contributed by atoms with Crippen molar-refractivity contribution in [1.82, 2.24) is 0 Å². The molecule has 0 saturated heterocycles. The average Bonchev–Trinajstić information content (AvgIpc) is 2.71. The Labute approximate surface area is 106 Å². The summed E-state index contributed by atoms with van der Waals surface area (Å²) in [5.41, 5.74) is 3.87. The van der Waals surface area contributed by atoms with E-state index in [0.717, 1.165) is 6.42 Å². The Morgan fingerprint density at radius 2 is 1.50 bits per heavy atom. The summed E-state index contributed by atoms with van der Waals surface area (Å²) in [6.45, 7) is 0. The van der Waals surface area contributed by atoms with Gasteiger partial charge in [0.2, 0.25) is 0 Å². The van der Waals surface area contributed by atoms with Crippen LogP contribution in [-0.2, 0) is 12.8 Å². The largest absolute Gasteiger partial charge is 0.242 e. The zero-order valence-electron chi connectivity index (χ0n) is 10.2. The number of alkyl halides is 1. The van der Waals surface area contributed by atoms with E-state index in [2.05, 4.69) is 30.3 Å². The monoisotopic (exact) mass is 238 g/mol. The van der Waals surface area contributed by atoms with Gasteiger partial charge >= 0.3 is 0 Å². The number of benzene rings is 2. The molecule has 0 spiro atoms. The zero-order chi connectivity index (χ0) is 12.2. The minimum absolute atomic E-state index is 0.0429. The maximum Gasteiger partial charge on any atom is 0.126 e. The molecule has 4 rings (SSSR count). The summed E-state index contributed by atoms with van der Waals surface area (Å²) < 4.78 is 15.2. The van der Waals surface area contributed by atoms with Crippen LogP contribution in [0.3, 0.4) is 0 Å². The molecule has 2 aliphatic rings. The van der Waals surface area contributed by atoms with Gasteiger partial charge in [0, 0.05) is 12.3 Å².